The summed E-state index contributed by atoms with van der Waals surface area (Å²) in [6.07, 6.45) is 0.293. The van der Waals surface area contributed by atoms with Gasteiger partial charge in [0.2, 0.25) is 11.7 Å². The number of nitrogens with two attached hydrogens (primary N) is 1. The molecule has 178 valence electrons. The summed E-state index contributed by atoms with van der Waals surface area (Å²) in [5, 5.41) is 3.72. The van der Waals surface area contributed by atoms with Crippen LogP contribution in [0.2, 0.25) is 10.0 Å². The van der Waals surface area contributed by atoms with Crippen molar-refractivity contribution in [1.82, 2.24) is 0 Å². The first kappa shape index (κ1) is 25.2. The number of amides is 2. The molecule has 3 N–H and O–H groups in total. The topological polar surface area (TPSA) is 99.9 Å². The normalized spacial score (nSPS) is 10.5. The Balaban J connectivity index is 2.07. The van der Waals surface area contributed by atoms with Crippen molar-refractivity contribution < 1.29 is 23.8 Å². The molecule has 0 heterocycles. The van der Waals surface area contributed by atoms with Crippen LogP contribution in [-0.4, -0.2) is 33.1 Å². The van der Waals surface area contributed by atoms with Crippen molar-refractivity contribution >= 4 is 40.7 Å². The van der Waals surface area contributed by atoms with Crippen molar-refractivity contribution in [3.05, 3.63) is 80.3 Å². The Morgan fingerprint density at radius 3 is 2.09 bits per heavy atom. The lowest BCUT2D eigenvalue weighted by Gasteiger charge is -2.18. The van der Waals surface area contributed by atoms with Crippen molar-refractivity contribution in [2.45, 2.75) is 13.3 Å². The van der Waals surface area contributed by atoms with Crippen LogP contribution < -0.4 is 25.3 Å². The van der Waals surface area contributed by atoms with Crippen LogP contribution in [0.4, 0.5) is 5.69 Å². The van der Waals surface area contributed by atoms with E-state index >= 15 is 0 Å². The molecule has 34 heavy (non-hydrogen) atoms. The Kier molecular flexibility index (Phi) is 7.91. The van der Waals surface area contributed by atoms with Crippen LogP contribution in [0, 0.1) is 6.92 Å². The molecular formula is C25H24Cl2N2O5. The molecule has 9 heteroatoms. The zero-order valence-corrected chi connectivity index (χ0v) is 20.6. The SMILES string of the molecule is COc1cc(C(=O)Nc2c(C)ccc(C(N)=O)c2Cc2ccc(Cl)c(Cl)c2)cc(OC)c1OC. The second-order valence-electron chi connectivity index (χ2n) is 7.44. The fraction of sp³-hybridized carbons (Fsp3) is 0.200. The van der Waals surface area contributed by atoms with E-state index in [1.807, 2.05) is 6.92 Å². The Morgan fingerprint density at radius 1 is 0.912 bits per heavy atom. The number of halogens is 2. The first-order chi connectivity index (χ1) is 16.2. The number of primary amides is 1. The summed E-state index contributed by atoms with van der Waals surface area (Å²) in [4.78, 5) is 25.5. The van der Waals surface area contributed by atoms with Gasteiger partial charge in [0.25, 0.3) is 5.91 Å². The number of nitrogens with one attached hydrogen (secondary N) is 1. The molecule has 0 bridgehead atoms. The Labute approximate surface area is 207 Å². The maximum Gasteiger partial charge on any atom is 0.255 e. The van der Waals surface area contributed by atoms with Crippen molar-refractivity contribution in [2.75, 3.05) is 26.6 Å². The van der Waals surface area contributed by atoms with Crippen molar-refractivity contribution in [2.24, 2.45) is 5.73 Å². The van der Waals surface area contributed by atoms with E-state index in [1.54, 1.807) is 42.5 Å². The van der Waals surface area contributed by atoms with Crippen LogP contribution >= 0.6 is 23.2 Å². The van der Waals surface area contributed by atoms with Crippen LogP contribution in [0.3, 0.4) is 0 Å². The van der Waals surface area contributed by atoms with Crippen molar-refractivity contribution in [3.63, 3.8) is 0 Å². The highest BCUT2D eigenvalue weighted by Gasteiger charge is 2.21. The first-order valence-electron chi connectivity index (χ1n) is 10.2. The van der Waals surface area contributed by atoms with Gasteiger partial charge in [-0.1, -0.05) is 35.3 Å². The molecule has 0 aliphatic carbocycles. The third-order valence-electron chi connectivity index (χ3n) is 5.32. The summed E-state index contributed by atoms with van der Waals surface area (Å²) in [6.45, 7) is 1.83. The number of carbonyl (C=O) groups is 2. The van der Waals surface area contributed by atoms with Gasteiger partial charge in [-0.3, -0.25) is 9.59 Å². The van der Waals surface area contributed by atoms with Crippen LogP contribution in [0.25, 0.3) is 0 Å². The van der Waals surface area contributed by atoms with E-state index in [2.05, 4.69) is 5.32 Å². The Morgan fingerprint density at radius 2 is 1.56 bits per heavy atom. The van der Waals surface area contributed by atoms with Crippen molar-refractivity contribution in [3.8, 4) is 17.2 Å². The van der Waals surface area contributed by atoms with Gasteiger partial charge in [-0.2, -0.15) is 0 Å². The summed E-state index contributed by atoms with van der Waals surface area (Å²) in [6, 6.07) is 11.6. The fourth-order valence-corrected chi connectivity index (χ4v) is 3.93. The minimum Gasteiger partial charge on any atom is -0.493 e. The summed E-state index contributed by atoms with van der Waals surface area (Å²) in [7, 11) is 4.41. The molecule has 0 saturated carbocycles. The lowest BCUT2D eigenvalue weighted by molar-refractivity contribution is 0.0995. The van der Waals surface area contributed by atoms with Crippen LogP contribution in [0.1, 0.15) is 37.4 Å². The lowest BCUT2D eigenvalue weighted by Crippen LogP contribution is -2.19. The minimum absolute atomic E-state index is 0.277. The van der Waals surface area contributed by atoms with Gasteiger partial charge in [0, 0.05) is 23.2 Å². The van der Waals surface area contributed by atoms with Gasteiger partial charge in [-0.15, -0.1) is 0 Å². The van der Waals surface area contributed by atoms with Crippen LogP contribution in [0.5, 0.6) is 17.2 Å². The number of carbonyl (C=O) groups excluding carboxylic acids is 2. The molecule has 0 fully saturated rings. The molecule has 0 unspecified atom stereocenters. The third-order valence-corrected chi connectivity index (χ3v) is 6.06. The lowest BCUT2D eigenvalue weighted by atomic mass is 9.94. The highest BCUT2D eigenvalue weighted by Crippen LogP contribution is 2.38. The summed E-state index contributed by atoms with van der Waals surface area (Å²) >= 11 is 12.2. The zero-order valence-electron chi connectivity index (χ0n) is 19.1. The maximum absolute atomic E-state index is 13.3. The van der Waals surface area contributed by atoms with Crippen LogP contribution in [-0.2, 0) is 6.42 Å². The fourth-order valence-electron chi connectivity index (χ4n) is 3.61. The van der Waals surface area contributed by atoms with E-state index in [1.165, 1.54) is 21.3 Å². The molecule has 3 rings (SSSR count). The van der Waals surface area contributed by atoms with E-state index in [4.69, 9.17) is 43.1 Å². The van der Waals surface area contributed by atoms with Gasteiger partial charge in [0.1, 0.15) is 0 Å². The molecule has 0 saturated heterocycles. The average molecular weight is 503 g/mol. The van der Waals surface area contributed by atoms with E-state index in [0.29, 0.717) is 45.0 Å². The molecule has 0 aliphatic rings. The van der Waals surface area contributed by atoms with Crippen molar-refractivity contribution in [1.29, 1.82) is 0 Å². The number of hydrogen-bond donors (Lipinski definition) is 2. The highest BCUT2D eigenvalue weighted by atomic mass is 35.5. The Bertz CT molecular complexity index is 1240. The number of benzene rings is 3. The number of rotatable bonds is 8. The molecule has 0 atom stereocenters. The molecule has 2 amide bonds. The predicted octanol–water partition coefficient (Wildman–Crippen LogP) is 5.27. The average Bonchev–Trinajstić information content (AvgIpc) is 2.82. The Hall–Kier alpha value is -3.42. The van der Waals surface area contributed by atoms with E-state index < -0.39 is 11.8 Å². The van der Waals surface area contributed by atoms with E-state index in [9.17, 15) is 9.59 Å². The van der Waals surface area contributed by atoms with E-state index in [-0.39, 0.29) is 11.1 Å². The standard InChI is InChI=1S/C25H24Cl2N2O5/c1-13-5-7-16(24(28)30)17(9-14-6-8-18(26)19(27)10-14)22(13)29-25(31)15-11-20(32-2)23(34-4)21(12-15)33-3/h5-8,10-12H,9H2,1-4H3,(H2,28,30)(H,29,31). The van der Waals surface area contributed by atoms with Crippen LogP contribution in [0.15, 0.2) is 42.5 Å². The summed E-state index contributed by atoms with van der Waals surface area (Å²) in [5.41, 5.74) is 8.79. The molecule has 3 aromatic carbocycles. The van der Waals surface area contributed by atoms with Gasteiger partial charge in [-0.05, 0) is 53.9 Å². The number of aryl methyl sites for hydroxylation is 1. The molecule has 7 nitrogen and oxygen atoms in total. The molecule has 0 aliphatic heterocycles. The van der Waals surface area contributed by atoms with Gasteiger partial charge >= 0.3 is 0 Å². The monoisotopic (exact) mass is 502 g/mol. The maximum atomic E-state index is 13.3. The smallest absolute Gasteiger partial charge is 0.255 e. The molecule has 0 aromatic heterocycles. The van der Waals surface area contributed by atoms with Gasteiger partial charge in [0.05, 0.1) is 31.4 Å². The molecule has 0 spiro atoms. The first-order valence-corrected chi connectivity index (χ1v) is 10.9. The number of hydrogen-bond acceptors (Lipinski definition) is 5. The van der Waals surface area contributed by atoms with Gasteiger partial charge in [-0.25, -0.2) is 0 Å². The molecule has 0 radical (unpaired) electrons. The highest BCUT2D eigenvalue weighted by molar-refractivity contribution is 6.42. The third kappa shape index (κ3) is 5.21. The summed E-state index contributed by atoms with van der Waals surface area (Å²) in [5.74, 6) is 0.00254. The number of methoxy groups -OCH3 is 3. The zero-order chi connectivity index (χ0) is 25.0. The number of anilines is 1. The second kappa shape index (κ2) is 10.7. The quantitative estimate of drug-likeness (QED) is 0.436. The summed E-state index contributed by atoms with van der Waals surface area (Å²) < 4.78 is 16.0. The second-order valence-corrected chi connectivity index (χ2v) is 8.26. The number of ether oxygens (including phenoxy) is 3. The van der Waals surface area contributed by atoms with E-state index in [0.717, 1.165) is 11.1 Å². The molecule has 3 aromatic rings. The largest absolute Gasteiger partial charge is 0.493 e. The van der Waals surface area contributed by atoms with Gasteiger partial charge < -0.3 is 25.3 Å². The predicted molar refractivity (Wildman–Crippen MR) is 133 cm³/mol. The van der Waals surface area contributed by atoms with Gasteiger partial charge in [0.15, 0.2) is 11.5 Å². The minimum atomic E-state index is -0.613. The molecular weight excluding hydrogens is 479 g/mol.